The Hall–Kier alpha value is -2.90. The highest BCUT2D eigenvalue weighted by Crippen LogP contribution is 2.27. The van der Waals surface area contributed by atoms with Crippen LogP contribution >= 0.6 is 0 Å². The smallest absolute Gasteiger partial charge is 0.430 e. The SMILES string of the molecule is CC1=CC(=O)C(C(=O)/C=C/c2ccccc2OC(F)(F)F)C(=O)O1. The van der Waals surface area contributed by atoms with Crippen molar-refractivity contribution in [2.75, 3.05) is 0 Å². The van der Waals surface area contributed by atoms with E-state index in [1.54, 1.807) is 0 Å². The Morgan fingerprint density at radius 2 is 1.92 bits per heavy atom. The van der Waals surface area contributed by atoms with Crippen molar-refractivity contribution in [2.24, 2.45) is 5.92 Å². The summed E-state index contributed by atoms with van der Waals surface area (Å²) in [6.07, 6.45) is -2.00. The van der Waals surface area contributed by atoms with Crippen LogP contribution in [0.3, 0.4) is 0 Å². The molecule has 0 aliphatic carbocycles. The van der Waals surface area contributed by atoms with Gasteiger partial charge in [-0.1, -0.05) is 18.2 Å². The maximum Gasteiger partial charge on any atom is 0.573 e. The molecule has 0 bridgehead atoms. The fourth-order valence-electron chi connectivity index (χ4n) is 2.01. The molecule has 1 aromatic carbocycles. The molecule has 1 aromatic rings. The van der Waals surface area contributed by atoms with E-state index in [4.69, 9.17) is 4.74 Å². The molecule has 1 heterocycles. The van der Waals surface area contributed by atoms with Crippen LogP contribution < -0.4 is 4.74 Å². The van der Waals surface area contributed by atoms with Crippen molar-refractivity contribution in [3.8, 4) is 5.75 Å². The summed E-state index contributed by atoms with van der Waals surface area (Å²) in [5.41, 5.74) is -0.0356. The van der Waals surface area contributed by atoms with Crippen molar-refractivity contribution in [3.63, 3.8) is 0 Å². The van der Waals surface area contributed by atoms with Crippen LogP contribution in [0, 0.1) is 5.92 Å². The summed E-state index contributed by atoms with van der Waals surface area (Å²) in [5, 5.41) is 0. The van der Waals surface area contributed by atoms with Crippen LogP contribution in [-0.4, -0.2) is 23.9 Å². The number of allylic oxidation sites excluding steroid dienone is 3. The van der Waals surface area contributed by atoms with E-state index in [-0.39, 0.29) is 11.3 Å². The summed E-state index contributed by atoms with van der Waals surface area (Å²) in [6.45, 7) is 1.39. The summed E-state index contributed by atoms with van der Waals surface area (Å²) >= 11 is 0. The monoisotopic (exact) mass is 340 g/mol. The van der Waals surface area contributed by atoms with Gasteiger partial charge in [0, 0.05) is 11.6 Å². The normalized spacial score (nSPS) is 18.3. The summed E-state index contributed by atoms with van der Waals surface area (Å²) in [6, 6.07) is 5.13. The molecule has 0 spiro atoms. The van der Waals surface area contributed by atoms with Crippen molar-refractivity contribution < 1.29 is 37.0 Å². The lowest BCUT2D eigenvalue weighted by molar-refractivity contribution is -0.274. The molecule has 0 fully saturated rings. The summed E-state index contributed by atoms with van der Waals surface area (Å²) in [5.74, 6) is -4.74. The average Bonchev–Trinajstić information content (AvgIpc) is 2.43. The third-order valence-corrected chi connectivity index (χ3v) is 2.98. The molecule has 1 atom stereocenters. The van der Waals surface area contributed by atoms with Gasteiger partial charge in [0.25, 0.3) is 0 Å². The lowest BCUT2D eigenvalue weighted by atomic mass is 9.96. The number of esters is 1. The van der Waals surface area contributed by atoms with E-state index in [9.17, 15) is 27.6 Å². The van der Waals surface area contributed by atoms with Crippen molar-refractivity contribution in [2.45, 2.75) is 13.3 Å². The third kappa shape index (κ3) is 4.31. The maximum absolute atomic E-state index is 12.3. The van der Waals surface area contributed by atoms with Gasteiger partial charge in [-0.15, -0.1) is 13.2 Å². The number of cyclic esters (lactones) is 1. The van der Waals surface area contributed by atoms with Crippen molar-refractivity contribution >= 4 is 23.6 Å². The minimum Gasteiger partial charge on any atom is -0.430 e. The Morgan fingerprint density at radius 3 is 2.54 bits per heavy atom. The number of ketones is 2. The highest BCUT2D eigenvalue weighted by Gasteiger charge is 2.36. The summed E-state index contributed by atoms with van der Waals surface area (Å²) in [7, 11) is 0. The highest BCUT2D eigenvalue weighted by molar-refractivity contribution is 6.25. The quantitative estimate of drug-likeness (QED) is 0.479. The Kier molecular flexibility index (Phi) is 4.87. The van der Waals surface area contributed by atoms with Crippen LogP contribution in [-0.2, 0) is 19.1 Å². The number of para-hydroxylation sites is 1. The van der Waals surface area contributed by atoms with Gasteiger partial charge in [-0.25, -0.2) is 0 Å². The number of hydrogen-bond acceptors (Lipinski definition) is 5. The van der Waals surface area contributed by atoms with E-state index >= 15 is 0 Å². The van der Waals surface area contributed by atoms with Gasteiger partial charge in [-0.05, 0) is 25.1 Å². The van der Waals surface area contributed by atoms with Crippen molar-refractivity contribution in [3.05, 3.63) is 47.7 Å². The molecule has 0 N–H and O–H groups in total. The molecule has 8 heteroatoms. The van der Waals surface area contributed by atoms with Gasteiger partial charge >= 0.3 is 12.3 Å². The standard InChI is InChI=1S/C16H11F3O5/c1-9-8-12(21)14(15(22)23-9)11(20)7-6-10-4-2-3-5-13(10)24-16(17,18)19/h2-8,14H,1H3/b7-6+. The first-order valence-electron chi connectivity index (χ1n) is 6.68. The van der Waals surface area contributed by atoms with E-state index in [1.807, 2.05) is 0 Å². The molecule has 0 saturated heterocycles. The molecule has 0 radical (unpaired) electrons. The fourth-order valence-corrected chi connectivity index (χ4v) is 2.01. The summed E-state index contributed by atoms with van der Waals surface area (Å²) < 4.78 is 45.5. The zero-order chi connectivity index (χ0) is 17.9. The van der Waals surface area contributed by atoms with E-state index in [0.717, 1.165) is 24.3 Å². The topological polar surface area (TPSA) is 69.7 Å². The Bertz CT molecular complexity index is 746. The highest BCUT2D eigenvalue weighted by atomic mass is 19.4. The molecule has 2 rings (SSSR count). The van der Waals surface area contributed by atoms with Crippen molar-refractivity contribution in [1.82, 2.24) is 0 Å². The minimum atomic E-state index is -4.89. The molecule has 24 heavy (non-hydrogen) atoms. The minimum absolute atomic E-state index is 0.0356. The average molecular weight is 340 g/mol. The third-order valence-electron chi connectivity index (χ3n) is 2.98. The van der Waals surface area contributed by atoms with Gasteiger partial charge < -0.3 is 9.47 Å². The number of halogens is 3. The Labute approximate surface area is 134 Å². The number of ether oxygens (including phenoxy) is 2. The van der Waals surface area contributed by atoms with Crippen molar-refractivity contribution in [1.29, 1.82) is 0 Å². The second-order valence-electron chi connectivity index (χ2n) is 4.83. The number of benzene rings is 1. The molecule has 0 aromatic heterocycles. The van der Waals surface area contributed by atoms with E-state index in [1.165, 1.54) is 25.1 Å². The first-order chi connectivity index (χ1) is 11.2. The number of alkyl halides is 3. The predicted octanol–water partition coefficient (Wildman–Crippen LogP) is 2.81. The van der Waals surface area contributed by atoms with Gasteiger partial charge in [0.15, 0.2) is 17.5 Å². The van der Waals surface area contributed by atoms with E-state index in [0.29, 0.717) is 0 Å². The van der Waals surface area contributed by atoms with Gasteiger partial charge in [-0.2, -0.15) is 0 Å². The number of hydrogen-bond donors (Lipinski definition) is 0. The van der Waals surface area contributed by atoms with Crippen LogP contribution in [0.5, 0.6) is 5.75 Å². The van der Waals surface area contributed by atoms with Crippen LogP contribution in [0.2, 0.25) is 0 Å². The molecule has 0 saturated carbocycles. The van der Waals surface area contributed by atoms with Crippen LogP contribution in [0.25, 0.3) is 6.08 Å². The van der Waals surface area contributed by atoms with Crippen LogP contribution in [0.4, 0.5) is 13.2 Å². The Morgan fingerprint density at radius 1 is 1.25 bits per heavy atom. The molecular formula is C16H11F3O5. The largest absolute Gasteiger partial charge is 0.573 e. The van der Waals surface area contributed by atoms with E-state index in [2.05, 4.69) is 4.74 Å². The van der Waals surface area contributed by atoms with E-state index < -0.39 is 35.6 Å². The van der Waals surface area contributed by atoms with Gasteiger partial charge in [0.1, 0.15) is 11.5 Å². The molecule has 126 valence electrons. The zero-order valence-electron chi connectivity index (χ0n) is 12.3. The molecular weight excluding hydrogens is 329 g/mol. The van der Waals surface area contributed by atoms with Gasteiger partial charge in [0.05, 0.1) is 0 Å². The Balaban J connectivity index is 2.21. The molecule has 5 nitrogen and oxygen atoms in total. The lowest BCUT2D eigenvalue weighted by Crippen LogP contribution is -2.34. The molecule has 1 unspecified atom stereocenters. The van der Waals surface area contributed by atoms with Crippen LogP contribution in [0.15, 0.2) is 42.2 Å². The number of rotatable bonds is 4. The zero-order valence-corrected chi connectivity index (χ0v) is 12.3. The molecule has 1 aliphatic heterocycles. The molecule has 0 amide bonds. The van der Waals surface area contributed by atoms with Gasteiger partial charge in [-0.3, -0.25) is 14.4 Å². The van der Waals surface area contributed by atoms with Gasteiger partial charge in [0.2, 0.25) is 0 Å². The lowest BCUT2D eigenvalue weighted by Gasteiger charge is -2.15. The first kappa shape index (κ1) is 17.5. The second-order valence-corrected chi connectivity index (χ2v) is 4.83. The second kappa shape index (κ2) is 6.69. The predicted molar refractivity (Wildman–Crippen MR) is 75.5 cm³/mol. The van der Waals surface area contributed by atoms with Crippen LogP contribution in [0.1, 0.15) is 12.5 Å². The number of carbonyl (C=O) groups is 3. The first-order valence-corrected chi connectivity index (χ1v) is 6.68. The molecule has 1 aliphatic rings. The fraction of sp³-hybridized carbons (Fsp3) is 0.188. The summed E-state index contributed by atoms with van der Waals surface area (Å²) in [4.78, 5) is 35.3. The number of carbonyl (C=O) groups excluding carboxylic acids is 3. The maximum atomic E-state index is 12.3.